The Morgan fingerprint density at radius 3 is 2.56 bits per heavy atom. The number of fused-ring (bicyclic) bond motifs is 1. The Kier molecular flexibility index (Phi) is 9.72. The fraction of sp³-hybridized carbons (Fsp3) is 0.407. The third-order valence-electron chi connectivity index (χ3n) is 6.87. The predicted octanol–water partition coefficient (Wildman–Crippen LogP) is 3.57. The van der Waals surface area contributed by atoms with Crippen molar-refractivity contribution in [2.45, 2.75) is 38.3 Å². The quantitative estimate of drug-likeness (QED) is 0.424. The maximum Gasteiger partial charge on any atom is 0.228 e. The van der Waals surface area contributed by atoms with Gasteiger partial charge in [-0.1, -0.05) is 25.5 Å². The minimum Gasteiger partial charge on any atom is -0.493 e. The Morgan fingerprint density at radius 2 is 1.95 bits per heavy atom. The number of methoxy groups -OCH3 is 2. The van der Waals surface area contributed by atoms with Crippen molar-refractivity contribution in [2.24, 2.45) is 5.73 Å². The molecule has 1 aliphatic heterocycles. The molecule has 1 fully saturated rings. The number of benzene rings is 2. The number of nitrogens with two attached hydrogens (primary N) is 2. The Hall–Kier alpha value is -3.88. The van der Waals surface area contributed by atoms with E-state index in [0.29, 0.717) is 36.5 Å². The van der Waals surface area contributed by atoms with Crippen molar-refractivity contribution < 1.29 is 18.7 Å². The third kappa shape index (κ3) is 6.08. The Morgan fingerprint density at radius 1 is 1.23 bits per heavy atom. The van der Waals surface area contributed by atoms with Gasteiger partial charge in [-0.15, -0.1) is 12.4 Å². The van der Waals surface area contributed by atoms with Gasteiger partial charge in [0.15, 0.2) is 17.3 Å². The van der Waals surface area contributed by atoms with Crippen LogP contribution >= 0.6 is 12.4 Å². The van der Waals surface area contributed by atoms with Crippen LogP contribution in [0, 0.1) is 17.1 Å². The second-order valence-corrected chi connectivity index (χ2v) is 9.25. The van der Waals surface area contributed by atoms with E-state index in [1.165, 1.54) is 14.2 Å². The SMILES string of the molecule is CCC[C@H]1CN(C(=O)C[C@@H](N)c2ccc(C#N)cc2)CCN1c1nc(N)c2cc(OC)c(OC)c(F)c2n1.Cl. The van der Waals surface area contributed by atoms with Crippen LogP contribution in [0.3, 0.4) is 0 Å². The molecule has 4 N–H and O–H groups in total. The van der Waals surface area contributed by atoms with Crippen LogP contribution in [0.25, 0.3) is 10.9 Å². The van der Waals surface area contributed by atoms with E-state index < -0.39 is 11.9 Å². The highest BCUT2D eigenvalue weighted by Gasteiger charge is 2.32. The molecule has 0 aliphatic carbocycles. The van der Waals surface area contributed by atoms with E-state index in [1.807, 2.05) is 4.90 Å². The fourth-order valence-corrected chi connectivity index (χ4v) is 4.83. The van der Waals surface area contributed by atoms with E-state index in [4.69, 9.17) is 26.2 Å². The van der Waals surface area contributed by atoms with Crippen molar-refractivity contribution in [2.75, 3.05) is 44.5 Å². The summed E-state index contributed by atoms with van der Waals surface area (Å²) < 4.78 is 25.7. The Bertz CT molecular complexity index is 1370. The number of hydrogen-bond donors (Lipinski definition) is 2. The van der Waals surface area contributed by atoms with Crippen LogP contribution in [0.5, 0.6) is 11.5 Å². The molecular weight excluding hydrogens is 525 g/mol. The Labute approximate surface area is 233 Å². The highest BCUT2D eigenvalue weighted by atomic mass is 35.5. The van der Waals surface area contributed by atoms with Crippen molar-refractivity contribution >= 4 is 41.0 Å². The molecule has 4 rings (SSSR count). The molecule has 2 heterocycles. The zero-order valence-electron chi connectivity index (χ0n) is 22.2. The first-order valence-electron chi connectivity index (χ1n) is 12.5. The lowest BCUT2D eigenvalue weighted by molar-refractivity contribution is -0.132. The van der Waals surface area contributed by atoms with Crippen molar-refractivity contribution in [1.82, 2.24) is 14.9 Å². The molecule has 0 saturated carbocycles. The second-order valence-electron chi connectivity index (χ2n) is 9.25. The molecule has 1 amide bonds. The first-order valence-corrected chi connectivity index (χ1v) is 12.5. The van der Waals surface area contributed by atoms with Gasteiger partial charge in [-0.3, -0.25) is 4.79 Å². The summed E-state index contributed by atoms with van der Waals surface area (Å²) >= 11 is 0. The molecule has 0 unspecified atom stereocenters. The molecule has 0 spiro atoms. The molecule has 1 aliphatic rings. The zero-order chi connectivity index (χ0) is 27.4. The van der Waals surface area contributed by atoms with Crippen molar-refractivity contribution in [3.05, 3.63) is 47.3 Å². The molecule has 10 nitrogen and oxygen atoms in total. The number of piperazine rings is 1. The molecule has 3 aromatic rings. The number of hydrogen-bond acceptors (Lipinski definition) is 9. The maximum atomic E-state index is 15.3. The first kappa shape index (κ1) is 29.7. The number of rotatable bonds is 8. The van der Waals surface area contributed by atoms with Gasteiger partial charge >= 0.3 is 0 Å². The fourth-order valence-electron chi connectivity index (χ4n) is 4.83. The largest absolute Gasteiger partial charge is 0.493 e. The number of aromatic nitrogens is 2. The van der Waals surface area contributed by atoms with E-state index >= 15 is 4.39 Å². The number of nitrogens with zero attached hydrogens (tertiary/aromatic N) is 5. The molecule has 2 atom stereocenters. The van der Waals surface area contributed by atoms with Crippen LogP contribution in [0.4, 0.5) is 16.2 Å². The van der Waals surface area contributed by atoms with Crippen LogP contribution in [-0.2, 0) is 4.79 Å². The van der Waals surface area contributed by atoms with Crippen LogP contribution in [-0.4, -0.2) is 60.7 Å². The number of anilines is 2. The first-order chi connectivity index (χ1) is 18.3. The Balaban J connectivity index is 0.00000420. The van der Waals surface area contributed by atoms with Crippen LogP contribution in [0.2, 0.25) is 0 Å². The summed E-state index contributed by atoms with van der Waals surface area (Å²) in [4.78, 5) is 26.0. The van der Waals surface area contributed by atoms with Crippen molar-refractivity contribution in [1.29, 1.82) is 5.26 Å². The highest BCUT2D eigenvalue weighted by molar-refractivity contribution is 5.92. The number of amides is 1. The molecule has 12 heteroatoms. The molecule has 208 valence electrons. The average molecular weight is 558 g/mol. The van der Waals surface area contributed by atoms with Gasteiger partial charge < -0.3 is 30.7 Å². The van der Waals surface area contributed by atoms with E-state index in [-0.39, 0.29) is 53.6 Å². The molecule has 1 aromatic heterocycles. The van der Waals surface area contributed by atoms with Gasteiger partial charge in [-0.25, -0.2) is 9.37 Å². The van der Waals surface area contributed by atoms with E-state index in [9.17, 15) is 4.79 Å². The van der Waals surface area contributed by atoms with Crippen LogP contribution in [0.1, 0.15) is 43.4 Å². The summed E-state index contributed by atoms with van der Waals surface area (Å²) in [5, 5.41) is 9.32. The van der Waals surface area contributed by atoms with Gasteiger partial charge in [0.1, 0.15) is 11.3 Å². The average Bonchev–Trinajstić information content (AvgIpc) is 2.93. The lowest BCUT2D eigenvalue weighted by Crippen LogP contribution is -2.55. The topological polar surface area (TPSA) is 144 Å². The lowest BCUT2D eigenvalue weighted by atomic mass is 10.0. The van der Waals surface area contributed by atoms with Gasteiger partial charge in [0.05, 0.1) is 25.9 Å². The third-order valence-corrected chi connectivity index (χ3v) is 6.87. The number of carbonyl (C=O) groups is 1. The number of nitrogen functional groups attached to an aromatic ring is 1. The second kappa shape index (κ2) is 12.8. The van der Waals surface area contributed by atoms with Crippen molar-refractivity contribution in [3.63, 3.8) is 0 Å². The number of ether oxygens (including phenoxy) is 2. The highest BCUT2D eigenvalue weighted by Crippen LogP contribution is 2.38. The van der Waals surface area contributed by atoms with E-state index in [1.54, 1.807) is 35.2 Å². The summed E-state index contributed by atoms with van der Waals surface area (Å²) in [6.45, 7) is 3.42. The summed E-state index contributed by atoms with van der Waals surface area (Å²) in [5.74, 6) is -0.133. The molecule has 2 aromatic carbocycles. The predicted molar refractivity (Wildman–Crippen MR) is 150 cm³/mol. The summed E-state index contributed by atoms with van der Waals surface area (Å²) in [6.07, 6.45) is 1.80. The smallest absolute Gasteiger partial charge is 0.228 e. The molecule has 39 heavy (non-hydrogen) atoms. The number of halogens is 2. The molecular formula is C27H33ClFN7O3. The van der Waals surface area contributed by atoms with Gasteiger partial charge in [-0.2, -0.15) is 10.2 Å². The minimum absolute atomic E-state index is 0. The summed E-state index contributed by atoms with van der Waals surface area (Å²) in [5.41, 5.74) is 13.9. The van der Waals surface area contributed by atoms with Gasteiger partial charge in [0.2, 0.25) is 11.9 Å². The lowest BCUT2D eigenvalue weighted by Gasteiger charge is -2.42. The van der Waals surface area contributed by atoms with Crippen molar-refractivity contribution in [3.8, 4) is 17.6 Å². The standard InChI is InChI=1S/C27H32FN7O3.ClH/c1-4-5-18-15-34(22(36)13-20(30)17-8-6-16(14-29)7-9-17)10-11-35(18)27-32-24-19(26(31)33-27)12-21(37-2)25(38-3)23(24)28;/h6-9,12,18,20H,4-5,10-11,13,15,30H2,1-3H3,(H2,31,32,33);1H/t18-,20+;/m0./s1. The number of carbonyl (C=O) groups excluding carboxylic acids is 1. The molecule has 0 bridgehead atoms. The van der Waals surface area contributed by atoms with E-state index in [2.05, 4.69) is 23.0 Å². The zero-order valence-corrected chi connectivity index (χ0v) is 23.0. The van der Waals surface area contributed by atoms with Gasteiger partial charge in [-0.05, 0) is 30.2 Å². The minimum atomic E-state index is -0.671. The van der Waals surface area contributed by atoms with E-state index in [0.717, 1.165) is 18.4 Å². The number of nitriles is 1. The van der Waals surface area contributed by atoms with Crippen LogP contribution in [0.15, 0.2) is 30.3 Å². The monoisotopic (exact) mass is 557 g/mol. The molecule has 0 radical (unpaired) electrons. The molecule has 1 saturated heterocycles. The summed E-state index contributed by atoms with van der Waals surface area (Å²) in [6, 6.07) is 10.0. The van der Waals surface area contributed by atoms with Gasteiger partial charge in [0.25, 0.3) is 0 Å². The maximum absolute atomic E-state index is 15.3. The normalized spacial score (nSPS) is 15.8. The van der Waals surface area contributed by atoms with Gasteiger partial charge in [0, 0.05) is 43.5 Å². The van der Waals surface area contributed by atoms with Crippen LogP contribution < -0.4 is 25.8 Å². The summed E-state index contributed by atoms with van der Waals surface area (Å²) in [7, 11) is 2.78.